The smallest absolute Gasteiger partial charge is 0.235 e. The van der Waals surface area contributed by atoms with Crippen molar-refractivity contribution < 1.29 is 9.90 Å². The van der Waals surface area contributed by atoms with Crippen LogP contribution in [0.5, 0.6) is 0 Å². The molecule has 2 rings (SSSR count). The number of amides is 1. The van der Waals surface area contributed by atoms with Gasteiger partial charge in [0.25, 0.3) is 0 Å². The lowest BCUT2D eigenvalue weighted by Crippen LogP contribution is -2.40. The average molecular weight is 287 g/mol. The minimum absolute atomic E-state index is 0.0456. The molecule has 1 aliphatic heterocycles. The molecular weight excluding hydrogens is 266 g/mol. The highest BCUT2D eigenvalue weighted by Crippen LogP contribution is 2.26. The standard InChI is InChI=1S/C16H21N3O2/c17-8-9-18-16(21)12-19-10-4-7-14(19)11-15(20)13-5-2-1-3-6-13/h1-3,5-6,14-15,20H,4,7,9-12H2,(H,18,21). The van der Waals surface area contributed by atoms with Gasteiger partial charge in [0.05, 0.1) is 18.7 Å². The zero-order valence-corrected chi connectivity index (χ0v) is 12.0. The first-order valence-corrected chi connectivity index (χ1v) is 7.31. The van der Waals surface area contributed by atoms with Crippen molar-refractivity contribution in [2.24, 2.45) is 0 Å². The van der Waals surface area contributed by atoms with Crippen LogP contribution in [0.15, 0.2) is 30.3 Å². The van der Waals surface area contributed by atoms with Crippen LogP contribution in [0.1, 0.15) is 30.9 Å². The Morgan fingerprint density at radius 1 is 1.48 bits per heavy atom. The zero-order valence-electron chi connectivity index (χ0n) is 12.0. The summed E-state index contributed by atoms with van der Waals surface area (Å²) in [6.45, 7) is 1.21. The monoisotopic (exact) mass is 287 g/mol. The number of rotatable bonds is 6. The predicted octanol–water partition coefficient (Wildman–Crippen LogP) is 1.21. The van der Waals surface area contributed by atoms with Crippen molar-refractivity contribution in [2.75, 3.05) is 19.6 Å². The van der Waals surface area contributed by atoms with Gasteiger partial charge >= 0.3 is 0 Å². The molecule has 112 valence electrons. The molecule has 5 heteroatoms. The third-order valence-corrected chi connectivity index (χ3v) is 3.89. The summed E-state index contributed by atoms with van der Waals surface area (Å²) in [7, 11) is 0. The number of likely N-dealkylation sites (tertiary alicyclic amines) is 1. The summed E-state index contributed by atoms with van der Waals surface area (Å²) in [6, 6.07) is 11.7. The molecule has 1 aliphatic rings. The number of carbonyl (C=O) groups excluding carboxylic acids is 1. The van der Waals surface area contributed by atoms with Crippen LogP contribution < -0.4 is 5.32 Å². The third-order valence-electron chi connectivity index (χ3n) is 3.89. The van der Waals surface area contributed by atoms with Gasteiger partial charge in [0.15, 0.2) is 0 Å². The fourth-order valence-electron chi connectivity index (χ4n) is 2.82. The summed E-state index contributed by atoms with van der Waals surface area (Å²) < 4.78 is 0. The highest BCUT2D eigenvalue weighted by Gasteiger charge is 2.28. The van der Waals surface area contributed by atoms with Crippen molar-refractivity contribution in [3.8, 4) is 6.07 Å². The Morgan fingerprint density at radius 2 is 2.24 bits per heavy atom. The van der Waals surface area contributed by atoms with Crippen molar-refractivity contribution in [3.05, 3.63) is 35.9 Å². The molecule has 0 aromatic heterocycles. The van der Waals surface area contributed by atoms with E-state index < -0.39 is 6.10 Å². The molecule has 0 saturated carbocycles. The molecule has 21 heavy (non-hydrogen) atoms. The van der Waals surface area contributed by atoms with Crippen LogP contribution in [-0.4, -0.2) is 41.6 Å². The van der Waals surface area contributed by atoms with Crippen LogP contribution in [-0.2, 0) is 4.79 Å². The summed E-state index contributed by atoms with van der Waals surface area (Å²) >= 11 is 0. The lowest BCUT2D eigenvalue weighted by atomic mass is 10.0. The van der Waals surface area contributed by atoms with E-state index in [-0.39, 0.29) is 18.5 Å². The van der Waals surface area contributed by atoms with Gasteiger partial charge in [-0.2, -0.15) is 5.26 Å². The molecule has 0 spiro atoms. The lowest BCUT2D eigenvalue weighted by Gasteiger charge is -2.25. The number of aliphatic hydroxyl groups is 1. The lowest BCUT2D eigenvalue weighted by molar-refractivity contribution is -0.122. The predicted molar refractivity (Wildman–Crippen MR) is 79.2 cm³/mol. The van der Waals surface area contributed by atoms with E-state index in [2.05, 4.69) is 10.2 Å². The summed E-state index contributed by atoms with van der Waals surface area (Å²) in [5, 5.41) is 21.3. The minimum Gasteiger partial charge on any atom is -0.388 e. The van der Waals surface area contributed by atoms with E-state index in [9.17, 15) is 9.90 Å². The Bertz CT molecular complexity index is 498. The SMILES string of the molecule is N#CCNC(=O)CN1CCCC1CC(O)c1ccccc1. The van der Waals surface area contributed by atoms with Crippen LogP contribution >= 0.6 is 0 Å². The number of nitriles is 1. The third kappa shape index (κ3) is 4.55. The van der Waals surface area contributed by atoms with E-state index in [1.54, 1.807) is 0 Å². The van der Waals surface area contributed by atoms with Gasteiger partial charge in [-0.3, -0.25) is 9.69 Å². The molecule has 5 nitrogen and oxygen atoms in total. The van der Waals surface area contributed by atoms with Gasteiger partial charge in [0, 0.05) is 6.04 Å². The van der Waals surface area contributed by atoms with Crippen LogP contribution in [0.3, 0.4) is 0 Å². The number of aliphatic hydroxyl groups excluding tert-OH is 1. The van der Waals surface area contributed by atoms with E-state index in [1.807, 2.05) is 36.4 Å². The fraction of sp³-hybridized carbons (Fsp3) is 0.500. The molecule has 0 aliphatic carbocycles. The first-order valence-electron chi connectivity index (χ1n) is 7.31. The van der Waals surface area contributed by atoms with E-state index in [1.165, 1.54) is 0 Å². The fourth-order valence-corrected chi connectivity index (χ4v) is 2.82. The zero-order chi connectivity index (χ0) is 15.1. The van der Waals surface area contributed by atoms with Gasteiger partial charge in [0.2, 0.25) is 5.91 Å². The van der Waals surface area contributed by atoms with E-state index >= 15 is 0 Å². The second-order valence-electron chi connectivity index (χ2n) is 5.36. The minimum atomic E-state index is -0.501. The van der Waals surface area contributed by atoms with Crippen LogP contribution in [0.4, 0.5) is 0 Å². The highest BCUT2D eigenvalue weighted by molar-refractivity contribution is 5.78. The second kappa shape index (κ2) is 7.77. The summed E-state index contributed by atoms with van der Waals surface area (Å²) in [4.78, 5) is 13.8. The molecule has 2 atom stereocenters. The van der Waals surface area contributed by atoms with Crippen molar-refractivity contribution in [1.29, 1.82) is 5.26 Å². The Labute approximate surface area is 125 Å². The van der Waals surface area contributed by atoms with Gasteiger partial charge in [-0.05, 0) is 31.4 Å². The van der Waals surface area contributed by atoms with Crippen LogP contribution in [0, 0.1) is 11.3 Å². The molecule has 0 radical (unpaired) electrons. The van der Waals surface area contributed by atoms with Crippen molar-refractivity contribution in [3.63, 3.8) is 0 Å². The Balaban J connectivity index is 1.87. The molecule has 2 unspecified atom stereocenters. The molecule has 2 N–H and O–H groups in total. The number of hydrogen-bond donors (Lipinski definition) is 2. The Kier molecular flexibility index (Phi) is 5.73. The normalized spacial score (nSPS) is 19.9. The maximum Gasteiger partial charge on any atom is 0.235 e. The van der Waals surface area contributed by atoms with Crippen LogP contribution in [0.2, 0.25) is 0 Å². The molecule has 1 fully saturated rings. The first-order chi connectivity index (χ1) is 10.2. The number of benzene rings is 1. The van der Waals surface area contributed by atoms with E-state index in [0.717, 1.165) is 24.9 Å². The number of nitrogens with zero attached hydrogens (tertiary/aromatic N) is 2. The summed E-state index contributed by atoms with van der Waals surface area (Å²) in [6.07, 6.45) is 2.17. The summed E-state index contributed by atoms with van der Waals surface area (Å²) in [5.74, 6) is -0.127. The van der Waals surface area contributed by atoms with Gasteiger partial charge < -0.3 is 10.4 Å². The molecule has 0 bridgehead atoms. The topological polar surface area (TPSA) is 76.4 Å². The quantitative estimate of drug-likeness (QED) is 0.771. The van der Waals surface area contributed by atoms with E-state index in [0.29, 0.717) is 13.0 Å². The Morgan fingerprint density at radius 3 is 2.95 bits per heavy atom. The van der Waals surface area contributed by atoms with Gasteiger partial charge in [-0.15, -0.1) is 0 Å². The number of nitrogens with one attached hydrogen (secondary N) is 1. The van der Waals surface area contributed by atoms with Gasteiger partial charge in [-0.25, -0.2) is 0 Å². The summed E-state index contributed by atoms with van der Waals surface area (Å²) in [5.41, 5.74) is 0.915. The first kappa shape index (κ1) is 15.5. The van der Waals surface area contributed by atoms with E-state index in [4.69, 9.17) is 5.26 Å². The maximum absolute atomic E-state index is 11.7. The van der Waals surface area contributed by atoms with Crippen molar-refractivity contribution >= 4 is 5.91 Å². The van der Waals surface area contributed by atoms with Crippen molar-refractivity contribution in [1.82, 2.24) is 10.2 Å². The molecule has 1 aromatic rings. The molecule has 1 amide bonds. The van der Waals surface area contributed by atoms with Crippen LogP contribution in [0.25, 0.3) is 0 Å². The van der Waals surface area contributed by atoms with Gasteiger partial charge in [0.1, 0.15) is 6.54 Å². The van der Waals surface area contributed by atoms with Crippen molar-refractivity contribution in [2.45, 2.75) is 31.4 Å². The molecule has 1 saturated heterocycles. The highest BCUT2D eigenvalue weighted by atomic mass is 16.3. The number of hydrogen-bond acceptors (Lipinski definition) is 4. The molecule has 1 aromatic carbocycles. The average Bonchev–Trinajstić information content (AvgIpc) is 2.93. The second-order valence-corrected chi connectivity index (χ2v) is 5.36. The number of carbonyl (C=O) groups is 1. The molecular formula is C16H21N3O2. The Hall–Kier alpha value is -1.90. The largest absolute Gasteiger partial charge is 0.388 e. The molecule has 1 heterocycles. The maximum atomic E-state index is 11.7. The van der Waals surface area contributed by atoms with Gasteiger partial charge in [-0.1, -0.05) is 30.3 Å².